The highest BCUT2D eigenvalue weighted by molar-refractivity contribution is 5.96. The van der Waals surface area contributed by atoms with Crippen molar-refractivity contribution >= 4 is 23.2 Å². The van der Waals surface area contributed by atoms with Gasteiger partial charge in [-0.2, -0.15) is 0 Å². The zero-order valence-electron chi connectivity index (χ0n) is 16.7. The van der Waals surface area contributed by atoms with Gasteiger partial charge < -0.3 is 15.5 Å². The van der Waals surface area contributed by atoms with E-state index in [1.807, 2.05) is 13.8 Å². The number of carbonyl (C=O) groups excluding carboxylic acids is 2. The number of hydrogen-bond donors (Lipinski definition) is 2. The lowest BCUT2D eigenvalue weighted by atomic mass is 10.1. The predicted octanol–water partition coefficient (Wildman–Crippen LogP) is 2.33. The Hall–Kier alpha value is -3.82. The molecule has 0 bridgehead atoms. The molecule has 10 heteroatoms. The molecule has 2 N–H and O–H groups in total. The summed E-state index contributed by atoms with van der Waals surface area (Å²) in [5.74, 6) is -0.915. The topological polar surface area (TPSA) is 105 Å². The number of aromatic nitrogens is 4. The van der Waals surface area contributed by atoms with E-state index in [0.29, 0.717) is 30.0 Å². The van der Waals surface area contributed by atoms with Crippen molar-refractivity contribution in [3.05, 3.63) is 60.2 Å². The summed E-state index contributed by atoms with van der Waals surface area (Å²) in [5.41, 5.74) is 1.80. The first-order chi connectivity index (χ1) is 14.5. The number of hydrogen-bond acceptors (Lipinski definition) is 6. The van der Waals surface area contributed by atoms with E-state index in [1.165, 1.54) is 29.2 Å². The van der Waals surface area contributed by atoms with E-state index in [4.69, 9.17) is 0 Å². The summed E-state index contributed by atoms with van der Waals surface area (Å²) in [7, 11) is 0. The molecule has 0 fully saturated rings. The second-order valence-corrected chi connectivity index (χ2v) is 6.38. The van der Waals surface area contributed by atoms with Gasteiger partial charge in [0.25, 0.3) is 5.91 Å². The van der Waals surface area contributed by atoms with E-state index >= 15 is 0 Å². The molecule has 156 valence electrons. The van der Waals surface area contributed by atoms with Crippen molar-refractivity contribution in [3.63, 3.8) is 0 Å². The van der Waals surface area contributed by atoms with Crippen LogP contribution in [0.3, 0.4) is 0 Å². The molecule has 3 aromatic rings. The lowest BCUT2D eigenvalue weighted by Gasteiger charge is -2.18. The van der Waals surface area contributed by atoms with E-state index in [-0.39, 0.29) is 24.0 Å². The Morgan fingerprint density at radius 1 is 1.10 bits per heavy atom. The molecule has 3 rings (SSSR count). The molecular formula is C20H22FN7O2. The van der Waals surface area contributed by atoms with Gasteiger partial charge >= 0.3 is 0 Å². The van der Waals surface area contributed by atoms with E-state index in [9.17, 15) is 14.0 Å². The van der Waals surface area contributed by atoms with Gasteiger partial charge in [0.15, 0.2) is 0 Å². The van der Waals surface area contributed by atoms with Crippen molar-refractivity contribution in [3.8, 4) is 5.69 Å². The minimum Gasteiger partial charge on any atom is -0.374 e. The monoisotopic (exact) mass is 411 g/mol. The fraction of sp³-hybridized carbons (Fsp3) is 0.250. The standard InChI is InChI=1S/C20H22FN7O2/c1-3-27(4-2)20(30)14-5-7-15(8-6-14)24-19(29)12-22-18-11-16(9-10-17(18)21)28-13-23-25-26-28/h5-11,13,22H,3-4,12H2,1-2H3,(H,24,29). The minimum atomic E-state index is -0.501. The molecule has 0 unspecified atom stereocenters. The first-order valence-electron chi connectivity index (χ1n) is 9.47. The number of carbonyl (C=O) groups is 2. The van der Waals surface area contributed by atoms with E-state index in [2.05, 4.69) is 26.2 Å². The molecule has 0 spiro atoms. The Balaban J connectivity index is 1.59. The number of halogens is 1. The molecule has 0 radical (unpaired) electrons. The second kappa shape index (κ2) is 9.59. The summed E-state index contributed by atoms with van der Waals surface area (Å²) >= 11 is 0. The maximum atomic E-state index is 14.0. The lowest BCUT2D eigenvalue weighted by molar-refractivity contribution is -0.114. The van der Waals surface area contributed by atoms with Crippen molar-refractivity contribution < 1.29 is 14.0 Å². The minimum absolute atomic E-state index is 0.0579. The van der Waals surface area contributed by atoms with Gasteiger partial charge in [0, 0.05) is 24.3 Å². The summed E-state index contributed by atoms with van der Waals surface area (Å²) in [6.07, 6.45) is 1.39. The van der Waals surface area contributed by atoms with Crippen molar-refractivity contribution in [2.24, 2.45) is 0 Å². The Labute approximate surface area is 172 Å². The number of amides is 2. The van der Waals surface area contributed by atoms with Crippen LogP contribution in [0.1, 0.15) is 24.2 Å². The van der Waals surface area contributed by atoms with Crippen LogP contribution in [0.5, 0.6) is 0 Å². The van der Waals surface area contributed by atoms with Gasteiger partial charge in [0.1, 0.15) is 12.1 Å². The predicted molar refractivity (Wildman–Crippen MR) is 110 cm³/mol. The van der Waals surface area contributed by atoms with E-state index < -0.39 is 5.82 Å². The number of benzene rings is 2. The number of tetrazole rings is 1. The molecule has 0 saturated heterocycles. The zero-order chi connectivity index (χ0) is 21.5. The Morgan fingerprint density at radius 2 is 1.83 bits per heavy atom. The molecule has 30 heavy (non-hydrogen) atoms. The third-order valence-corrected chi connectivity index (χ3v) is 4.47. The van der Waals surface area contributed by atoms with Crippen molar-refractivity contribution in [2.45, 2.75) is 13.8 Å². The molecule has 1 heterocycles. The summed E-state index contributed by atoms with van der Waals surface area (Å²) in [6.45, 7) is 4.96. The Kier molecular flexibility index (Phi) is 6.68. The van der Waals surface area contributed by atoms with Crippen LogP contribution < -0.4 is 10.6 Å². The second-order valence-electron chi connectivity index (χ2n) is 6.38. The first-order valence-corrected chi connectivity index (χ1v) is 9.47. The molecule has 0 saturated carbocycles. The summed E-state index contributed by atoms with van der Waals surface area (Å²) in [4.78, 5) is 26.3. The highest BCUT2D eigenvalue weighted by Gasteiger charge is 2.13. The van der Waals surface area contributed by atoms with Crippen LogP contribution in [0.2, 0.25) is 0 Å². The fourth-order valence-electron chi connectivity index (χ4n) is 2.84. The molecule has 1 aromatic heterocycles. The normalized spacial score (nSPS) is 10.5. The van der Waals surface area contributed by atoms with Gasteiger partial charge in [0.05, 0.1) is 17.9 Å². The van der Waals surface area contributed by atoms with Crippen LogP contribution in [0.4, 0.5) is 15.8 Å². The molecule has 0 atom stereocenters. The third kappa shape index (κ3) is 4.96. The van der Waals surface area contributed by atoms with Gasteiger partial charge in [-0.05, 0) is 66.7 Å². The lowest BCUT2D eigenvalue weighted by Crippen LogP contribution is -2.30. The Bertz CT molecular complexity index is 1000. The van der Waals surface area contributed by atoms with Gasteiger partial charge in [-0.25, -0.2) is 9.07 Å². The van der Waals surface area contributed by atoms with Crippen LogP contribution >= 0.6 is 0 Å². The van der Waals surface area contributed by atoms with E-state index in [1.54, 1.807) is 29.2 Å². The molecule has 9 nitrogen and oxygen atoms in total. The average Bonchev–Trinajstić information content (AvgIpc) is 3.29. The highest BCUT2D eigenvalue weighted by atomic mass is 19.1. The van der Waals surface area contributed by atoms with Crippen molar-refractivity contribution in [2.75, 3.05) is 30.3 Å². The maximum absolute atomic E-state index is 14.0. The Morgan fingerprint density at radius 3 is 2.47 bits per heavy atom. The van der Waals surface area contributed by atoms with Gasteiger partial charge in [-0.1, -0.05) is 0 Å². The summed E-state index contributed by atoms with van der Waals surface area (Å²) in [5, 5.41) is 16.3. The van der Waals surface area contributed by atoms with Crippen LogP contribution in [0.15, 0.2) is 48.8 Å². The highest BCUT2D eigenvalue weighted by Crippen LogP contribution is 2.18. The first kappa shape index (κ1) is 20.9. The molecule has 0 aliphatic heterocycles. The van der Waals surface area contributed by atoms with Crippen LogP contribution in [-0.2, 0) is 4.79 Å². The van der Waals surface area contributed by atoms with E-state index in [0.717, 1.165) is 0 Å². The quantitative estimate of drug-likeness (QED) is 0.590. The SMILES string of the molecule is CCN(CC)C(=O)c1ccc(NC(=O)CNc2cc(-n3cnnn3)ccc2F)cc1. The maximum Gasteiger partial charge on any atom is 0.253 e. The van der Waals surface area contributed by atoms with Crippen molar-refractivity contribution in [1.82, 2.24) is 25.1 Å². The van der Waals surface area contributed by atoms with Crippen LogP contribution in [0, 0.1) is 5.82 Å². The number of rotatable bonds is 8. The number of anilines is 2. The largest absolute Gasteiger partial charge is 0.374 e. The third-order valence-electron chi connectivity index (χ3n) is 4.47. The summed E-state index contributed by atoms with van der Waals surface area (Å²) < 4.78 is 15.4. The van der Waals surface area contributed by atoms with Crippen LogP contribution in [0.25, 0.3) is 5.69 Å². The molecule has 2 aromatic carbocycles. The van der Waals surface area contributed by atoms with Gasteiger partial charge in [-0.3, -0.25) is 9.59 Å². The average molecular weight is 411 g/mol. The van der Waals surface area contributed by atoms with Crippen LogP contribution in [-0.4, -0.2) is 56.6 Å². The zero-order valence-corrected chi connectivity index (χ0v) is 16.7. The molecule has 0 aliphatic carbocycles. The molecule has 0 aliphatic rings. The van der Waals surface area contributed by atoms with Gasteiger partial charge in [-0.15, -0.1) is 5.10 Å². The molecule has 2 amide bonds. The smallest absolute Gasteiger partial charge is 0.253 e. The van der Waals surface area contributed by atoms with Crippen molar-refractivity contribution in [1.29, 1.82) is 0 Å². The summed E-state index contributed by atoms with van der Waals surface area (Å²) in [6, 6.07) is 11.0. The number of nitrogens with one attached hydrogen (secondary N) is 2. The fourth-order valence-corrected chi connectivity index (χ4v) is 2.84. The molecular weight excluding hydrogens is 389 g/mol. The van der Waals surface area contributed by atoms with Gasteiger partial charge in [0.2, 0.25) is 5.91 Å². The number of nitrogens with zero attached hydrogens (tertiary/aromatic N) is 5.